The zero-order chi connectivity index (χ0) is 17.5. The summed E-state index contributed by atoms with van der Waals surface area (Å²) in [5.74, 6) is -0.259. The number of aromatic nitrogens is 3. The molecule has 0 aromatic carbocycles. The van der Waals surface area contributed by atoms with Gasteiger partial charge in [0.1, 0.15) is 5.65 Å². The third-order valence-corrected chi connectivity index (χ3v) is 4.75. The van der Waals surface area contributed by atoms with Crippen LogP contribution in [-0.4, -0.2) is 25.6 Å². The van der Waals surface area contributed by atoms with Gasteiger partial charge in [0.2, 0.25) is 5.91 Å². The molecule has 1 saturated carbocycles. The van der Waals surface area contributed by atoms with E-state index in [0.717, 1.165) is 23.8 Å². The number of fused-ring (bicyclic) bond motifs is 1. The Morgan fingerprint density at radius 2 is 1.88 bits per heavy atom. The average molecular weight is 331 g/mol. The van der Waals surface area contributed by atoms with Gasteiger partial charge in [-0.2, -0.15) is 0 Å². The monoisotopic (exact) mass is 331 g/mol. The first-order valence-electron chi connectivity index (χ1n) is 7.99. The summed E-state index contributed by atoms with van der Waals surface area (Å²) in [6, 6.07) is 1.54. The van der Waals surface area contributed by atoms with Gasteiger partial charge < -0.3 is 11.1 Å². The molecule has 3 N–H and O–H groups in total. The van der Waals surface area contributed by atoms with Crippen molar-refractivity contribution in [2.24, 2.45) is 19.8 Å². The molecular formula is C16H21N5O3. The second kappa shape index (κ2) is 5.86. The van der Waals surface area contributed by atoms with Crippen molar-refractivity contribution < 1.29 is 4.79 Å². The predicted octanol–water partition coefficient (Wildman–Crippen LogP) is 0.232. The molecular weight excluding hydrogens is 310 g/mol. The number of carbonyl (C=O) groups excluding carboxylic acids is 1. The Kier molecular flexibility index (Phi) is 4.00. The zero-order valence-corrected chi connectivity index (χ0v) is 13.8. The molecule has 128 valence electrons. The van der Waals surface area contributed by atoms with Crippen LogP contribution in [0.1, 0.15) is 32.1 Å². The third-order valence-electron chi connectivity index (χ3n) is 4.75. The lowest BCUT2D eigenvalue weighted by Crippen LogP contribution is -2.52. The third kappa shape index (κ3) is 2.62. The van der Waals surface area contributed by atoms with Crippen molar-refractivity contribution in [1.29, 1.82) is 0 Å². The molecule has 1 aliphatic rings. The predicted molar refractivity (Wildman–Crippen MR) is 90.9 cm³/mol. The normalized spacial score (nSPS) is 17.0. The van der Waals surface area contributed by atoms with Gasteiger partial charge in [0.25, 0.3) is 5.56 Å². The maximum Gasteiger partial charge on any atom is 0.332 e. The molecule has 0 spiro atoms. The summed E-state index contributed by atoms with van der Waals surface area (Å²) in [5, 5.41) is 3.03. The van der Waals surface area contributed by atoms with Gasteiger partial charge >= 0.3 is 5.69 Å². The van der Waals surface area contributed by atoms with Crippen molar-refractivity contribution in [2.75, 3.05) is 5.32 Å². The number of amides is 1. The fraction of sp³-hybridized carbons (Fsp3) is 0.500. The standard InChI is InChI=1S/C16H21N5O3/c1-20-12-11(13(22)21(2)15(20)24)8-10(9-18-12)19-14(23)16(17)6-4-3-5-7-16/h8-9H,3-7,17H2,1-2H3,(H,19,23). The van der Waals surface area contributed by atoms with E-state index in [0.29, 0.717) is 18.5 Å². The molecule has 0 bridgehead atoms. The van der Waals surface area contributed by atoms with E-state index in [4.69, 9.17) is 5.73 Å². The van der Waals surface area contributed by atoms with Gasteiger partial charge in [-0.15, -0.1) is 0 Å². The summed E-state index contributed by atoms with van der Waals surface area (Å²) < 4.78 is 2.31. The van der Waals surface area contributed by atoms with Crippen molar-refractivity contribution >= 4 is 22.6 Å². The number of hydrogen-bond donors (Lipinski definition) is 2. The zero-order valence-electron chi connectivity index (χ0n) is 13.8. The molecule has 1 amide bonds. The van der Waals surface area contributed by atoms with Gasteiger partial charge in [-0.3, -0.25) is 18.7 Å². The van der Waals surface area contributed by atoms with Crippen LogP contribution in [0.3, 0.4) is 0 Å². The highest BCUT2D eigenvalue weighted by Gasteiger charge is 2.35. The number of carbonyl (C=O) groups is 1. The summed E-state index contributed by atoms with van der Waals surface area (Å²) >= 11 is 0. The minimum absolute atomic E-state index is 0.259. The highest BCUT2D eigenvalue weighted by molar-refractivity contribution is 5.98. The lowest BCUT2D eigenvalue weighted by atomic mass is 9.82. The molecule has 3 rings (SSSR count). The molecule has 2 aromatic rings. The Morgan fingerprint density at radius 1 is 1.21 bits per heavy atom. The topological polar surface area (TPSA) is 112 Å². The van der Waals surface area contributed by atoms with Crippen LogP contribution in [0.4, 0.5) is 5.69 Å². The first-order chi connectivity index (χ1) is 11.3. The first-order valence-corrected chi connectivity index (χ1v) is 7.99. The number of nitrogens with zero attached hydrogens (tertiary/aromatic N) is 3. The molecule has 0 radical (unpaired) electrons. The van der Waals surface area contributed by atoms with Crippen LogP contribution in [-0.2, 0) is 18.9 Å². The summed E-state index contributed by atoms with van der Waals surface area (Å²) in [6.45, 7) is 0. The SMILES string of the molecule is Cn1c(=O)c2cc(NC(=O)C3(N)CCCCC3)cnc2n(C)c1=O. The Bertz CT molecular complexity index is 922. The fourth-order valence-electron chi connectivity index (χ4n) is 3.20. The van der Waals surface area contributed by atoms with Crippen LogP contribution < -0.4 is 22.3 Å². The van der Waals surface area contributed by atoms with E-state index in [-0.39, 0.29) is 16.9 Å². The highest BCUT2D eigenvalue weighted by Crippen LogP contribution is 2.27. The quantitative estimate of drug-likeness (QED) is 0.818. The average Bonchev–Trinajstić information content (AvgIpc) is 2.58. The largest absolute Gasteiger partial charge is 0.332 e. The Labute approximate surface area is 138 Å². The summed E-state index contributed by atoms with van der Waals surface area (Å²) in [6.07, 6.45) is 5.69. The van der Waals surface area contributed by atoms with Crippen molar-refractivity contribution in [1.82, 2.24) is 14.1 Å². The summed E-state index contributed by atoms with van der Waals surface area (Å²) in [7, 11) is 2.96. The Morgan fingerprint density at radius 3 is 2.54 bits per heavy atom. The van der Waals surface area contributed by atoms with E-state index in [1.807, 2.05) is 0 Å². The second-order valence-electron chi connectivity index (χ2n) is 6.47. The van der Waals surface area contributed by atoms with Gasteiger partial charge in [-0.05, 0) is 18.9 Å². The number of hydrogen-bond acceptors (Lipinski definition) is 5. The van der Waals surface area contributed by atoms with Crippen LogP contribution in [0.2, 0.25) is 0 Å². The molecule has 8 heteroatoms. The van der Waals surface area contributed by atoms with Crippen LogP contribution in [0.25, 0.3) is 11.0 Å². The van der Waals surface area contributed by atoms with Crippen LogP contribution in [0, 0.1) is 0 Å². The molecule has 0 aliphatic heterocycles. The molecule has 2 heterocycles. The lowest BCUT2D eigenvalue weighted by molar-refractivity contribution is -0.122. The van der Waals surface area contributed by atoms with Crippen LogP contribution in [0.5, 0.6) is 0 Å². The number of anilines is 1. The molecule has 1 fully saturated rings. The minimum Gasteiger partial charge on any atom is -0.323 e. The van der Waals surface area contributed by atoms with E-state index in [1.165, 1.54) is 23.9 Å². The number of rotatable bonds is 2. The molecule has 0 unspecified atom stereocenters. The lowest BCUT2D eigenvalue weighted by Gasteiger charge is -2.31. The maximum atomic E-state index is 12.5. The number of pyridine rings is 1. The smallest absolute Gasteiger partial charge is 0.323 e. The molecule has 0 saturated heterocycles. The van der Waals surface area contributed by atoms with Crippen LogP contribution in [0.15, 0.2) is 21.9 Å². The van der Waals surface area contributed by atoms with Gasteiger partial charge in [-0.1, -0.05) is 19.3 Å². The molecule has 8 nitrogen and oxygen atoms in total. The Balaban J connectivity index is 1.98. The van der Waals surface area contributed by atoms with E-state index in [1.54, 1.807) is 7.05 Å². The van der Waals surface area contributed by atoms with Crippen molar-refractivity contribution in [2.45, 2.75) is 37.6 Å². The van der Waals surface area contributed by atoms with E-state index >= 15 is 0 Å². The summed E-state index contributed by atoms with van der Waals surface area (Å²) in [4.78, 5) is 40.8. The first kappa shape index (κ1) is 16.4. The van der Waals surface area contributed by atoms with E-state index < -0.39 is 16.8 Å². The van der Waals surface area contributed by atoms with Gasteiger partial charge in [0, 0.05) is 14.1 Å². The van der Waals surface area contributed by atoms with Crippen LogP contribution >= 0.6 is 0 Å². The number of nitrogens with one attached hydrogen (secondary N) is 1. The number of aryl methyl sites for hydroxylation is 1. The van der Waals surface area contributed by atoms with Crippen molar-refractivity contribution in [3.8, 4) is 0 Å². The number of nitrogens with two attached hydrogens (primary N) is 1. The maximum absolute atomic E-state index is 12.5. The molecule has 0 atom stereocenters. The minimum atomic E-state index is -0.873. The second-order valence-corrected chi connectivity index (χ2v) is 6.47. The fourth-order valence-corrected chi connectivity index (χ4v) is 3.20. The van der Waals surface area contributed by atoms with Gasteiger partial charge in [0.15, 0.2) is 0 Å². The van der Waals surface area contributed by atoms with Crippen molar-refractivity contribution in [3.05, 3.63) is 33.1 Å². The molecule has 1 aliphatic carbocycles. The van der Waals surface area contributed by atoms with E-state index in [9.17, 15) is 14.4 Å². The highest BCUT2D eigenvalue weighted by atomic mass is 16.2. The Hall–Kier alpha value is -2.48. The molecule has 2 aromatic heterocycles. The summed E-state index contributed by atoms with van der Waals surface area (Å²) in [5.41, 5.74) is 5.13. The van der Waals surface area contributed by atoms with Gasteiger partial charge in [-0.25, -0.2) is 9.78 Å². The van der Waals surface area contributed by atoms with E-state index in [2.05, 4.69) is 10.3 Å². The van der Waals surface area contributed by atoms with Crippen molar-refractivity contribution in [3.63, 3.8) is 0 Å². The molecule has 24 heavy (non-hydrogen) atoms. The van der Waals surface area contributed by atoms with Gasteiger partial charge in [0.05, 0.1) is 22.8 Å².